The zero-order valence-electron chi connectivity index (χ0n) is 14.2. The van der Waals surface area contributed by atoms with Crippen molar-refractivity contribution in [2.75, 3.05) is 5.32 Å². The lowest BCUT2D eigenvalue weighted by molar-refractivity contribution is -0.115. The Hall–Kier alpha value is -2.96. The molecule has 0 spiro atoms. The van der Waals surface area contributed by atoms with Crippen LogP contribution < -0.4 is 16.2 Å². The maximum Gasteiger partial charge on any atom is 0.272 e. The maximum atomic E-state index is 12.4. The molecule has 0 fully saturated rings. The number of nitrogens with zero attached hydrogens (tertiary/aromatic N) is 2. The standard InChI is InChI=1S/C18H20N4O3/c1-3-8-22-17(24)7-6-15(21-22)18(25)19-11(2)12-4-5-14-13(9-12)10-16(23)20-14/h4-7,9,11H,3,8,10H2,1-2H3,(H,19,25)(H,20,23)/t11-/m0/s1. The number of aromatic nitrogens is 2. The molecule has 0 saturated carbocycles. The second kappa shape index (κ2) is 6.88. The van der Waals surface area contributed by atoms with Crippen LogP contribution in [0.2, 0.25) is 0 Å². The van der Waals surface area contributed by atoms with Crippen molar-refractivity contribution in [2.24, 2.45) is 0 Å². The minimum absolute atomic E-state index is 0.0220. The van der Waals surface area contributed by atoms with Crippen LogP contribution in [0, 0.1) is 0 Å². The lowest BCUT2D eigenvalue weighted by Crippen LogP contribution is -2.31. The molecule has 7 heteroatoms. The highest BCUT2D eigenvalue weighted by atomic mass is 16.2. The van der Waals surface area contributed by atoms with E-state index in [1.54, 1.807) is 0 Å². The first-order valence-corrected chi connectivity index (χ1v) is 8.29. The fraction of sp³-hybridized carbons (Fsp3) is 0.333. The summed E-state index contributed by atoms with van der Waals surface area (Å²) in [7, 11) is 0. The lowest BCUT2D eigenvalue weighted by atomic mass is 10.0. The summed E-state index contributed by atoms with van der Waals surface area (Å²) in [5.41, 5.74) is 2.64. The van der Waals surface area contributed by atoms with E-state index in [0.29, 0.717) is 13.0 Å². The molecular weight excluding hydrogens is 320 g/mol. The maximum absolute atomic E-state index is 12.4. The Morgan fingerprint density at radius 1 is 1.32 bits per heavy atom. The van der Waals surface area contributed by atoms with Gasteiger partial charge in [0.05, 0.1) is 12.5 Å². The van der Waals surface area contributed by atoms with Gasteiger partial charge in [-0.3, -0.25) is 14.4 Å². The molecule has 0 saturated heterocycles. The van der Waals surface area contributed by atoms with E-state index in [1.165, 1.54) is 16.8 Å². The summed E-state index contributed by atoms with van der Waals surface area (Å²) in [5.74, 6) is -0.363. The van der Waals surface area contributed by atoms with E-state index < -0.39 is 0 Å². The molecule has 1 aromatic carbocycles. The number of anilines is 1. The number of amides is 2. The summed E-state index contributed by atoms with van der Waals surface area (Å²) in [6.45, 7) is 4.28. The van der Waals surface area contributed by atoms with Crippen molar-refractivity contribution in [2.45, 2.75) is 39.3 Å². The minimum atomic E-state index is -0.341. The molecule has 1 atom stereocenters. The zero-order chi connectivity index (χ0) is 18.0. The van der Waals surface area contributed by atoms with Gasteiger partial charge in [0.2, 0.25) is 5.91 Å². The SMILES string of the molecule is CCCn1nc(C(=O)N[C@@H](C)c2ccc3c(c2)CC(=O)N3)ccc1=O. The predicted molar refractivity (Wildman–Crippen MR) is 93.4 cm³/mol. The molecule has 0 bridgehead atoms. The summed E-state index contributed by atoms with van der Waals surface area (Å²) in [6.07, 6.45) is 1.11. The van der Waals surface area contributed by atoms with Crippen molar-refractivity contribution in [3.63, 3.8) is 0 Å². The normalized spacial score (nSPS) is 13.9. The number of fused-ring (bicyclic) bond motifs is 1. The average molecular weight is 340 g/mol. The molecule has 3 rings (SSSR count). The van der Waals surface area contributed by atoms with Gasteiger partial charge in [0, 0.05) is 18.3 Å². The van der Waals surface area contributed by atoms with Crippen LogP contribution in [0.25, 0.3) is 0 Å². The van der Waals surface area contributed by atoms with E-state index in [-0.39, 0.29) is 29.1 Å². The van der Waals surface area contributed by atoms with E-state index >= 15 is 0 Å². The molecule has 2 N–H and O–H groups in total. The molecule has 0 unspecified atom stereocenters. The number of hydrogen-bond acceptors (Lipinski definition) is 4. The average Bonchev–Trinajstić information content (AvgIpc) is 2.96. The van der Waals surface area contributed by atoms with Gasteiger partial charge in [-0.25, -0.2) is 4.68 Å². The molecule has 1 aromatic heterocycles. The van der Waals surface area contributed by atoms with Crippen LogP contribution in [0.4, 0.5) is 5.69 Å². The van der Waals surface area contributed by atoms with Crippen LogP contribution >= 0.6 is 0 Å². The lowest BCUT2D eigenvalue weighted by Gasteiger charge is -2.15. The predicted octanol–water partition coefficient (Wildman–Crippen LogP) is 1.64. The molecule has 130 valence electrons. The van der Waals surface area contributed by atoms with E-state index in [1.807, 2.05) is 32.0 Å². The van der Waals surface area contributed by atoms with Crippen LogP contribution in [-0.4, -0.2) is 21.6 Å². The quantitative estimate of drug-likeness (QED) is 0.865. The zero-order valence-corrected chi connectivity index (χ0v) is 14.2. The Balaban J connectivity index is 1.75. The first kappa shape index (κ1) is 16.9. The number of hydrogen-bond donors (Lipinski definition) is 2. The first-order valence-electron chi connectivity index (χ1n) is 8.29. The monoisotopic (exact) mass is 340 g/mol. The van der Waals surface area contributed by atoms with Gasteiger partial charge >= 0.3 is 0 Å². The van der Waals surface area contributed by atoms with Crippen LogP contribution in [0.15, 0.2) is 35.1 Å². The van der Waals surface area contributed by atoms with Gasteiger partial charge in [0.25, 0.3) is 11.5 Å². The van der Waals surface area contributed by atoms with Gasteiger partial charge in [-0.05, 0) is 36.6 Å². The van der Waals surface area contributed by atoms with Crippen molar-refractivity contribution in [3.8, 4) is 0 Å². The highest BCUT2D eigenvalue weighted by molar-refractivity contribution is 5.99. The molecule has 0 aliphatic carbocycles. The molecule has 1 aliphatic heterocycles. The topological polar surface area (TPSA) is 93.1 Å². The molecule has 0 radical (unpaired) electrons. The molecule has 7 nitrogen and oxygen atoms in total. The van der Waals surface area contributed by atoms with Crippen molar-refractivity contribution >= 4 is 17.5 Å². The minimum Gasteiger partial charge on any atom is -0.344 e. The molecule has 1 aliphatic rings. The Kier molecular flexibility index (Phi) is 4.65. The van der Waals surface area contributed by atoms with Crippen molar-refractivity contribution in [3.05, 3.63) is 57.5 Å². The van der Waals surface area contributed by atoms with Gasteiger partial charge in [0.15, 0.2) is 0 Å². The molecule has 25 heavy (non-hydrogen) atoms. The van der Waals surface area contributed by atoms with Crippen LogP contribution in [0.5, 0.6) is 0 Å². The van der Waals surface area contributed by atoms with Crippen LogP contribution in [0.3, 0.4) is 0 Å². The Morgan fingerprint density at radius 3 is 2.88 bits per heavy atom. The van der Waals surface area contributed by atoms with Gasteiger partial charge < -0.3 is 10.6 Å². The third kappa shape index (κ3) is 3.60. The van der Waals surface area contributed by atoms with Gasteiger partial charge in [-0.1, -0.05) is 19.1 Å². The number of carbonyl (C=O) groups excluding carboxylic acids is 2. The summed E-state index contributed by atoms with van der Waals surface area (Å²) < 4.78 is 1.30. The summed E-state index contributed by atoms with van der Waals surface area (Å²) >= 11 is 0. The van der Waals surface area contributed by atoms with E-state index in [2.05, 4.69) is 15.7 Å². The van der Waals surface area contributed by atoms with Gasteiger partial charge in [-0.15, -0.1) is 0 Å². The number of carbonyl (C=O) groups is 2. The van der Waals surface area contributed by atoms with Gasteiger partial charge in [0.1, 0.15) is 5.69 Å². The molecule has 2 heterocycles. The Morgan fingerprint density at radius 2 is 2.12 bits per heavy atom. The first-order chi connectivity index (χ1) is 12.0. The van der Waals surface area contributed by atoms with Crippen molar-refractivity contribution in [1.29, 1.82) is 0 Å². The van der Waals surface area contributed by atoms with E-state index in [9.17, 15) is 14.4 Å². The summed E-state index contributed by atoms with van der Waals surface area (Å²) in [6, 6.07) is 8.18. The largest absolute Gasteiger partial charge is 0.344 e. The number of nitrogens with one attached hydrogen (secondary N) is 2. The third-order valence-electron chi connectivity index (χ3n) is 4.14. The Labute approximate surface area is 145 Å². The summed E-state index contributed by atoms with van der Waals surface area (Å²) in [4.78, 5) is 35.6. The number of aryl methyl sites for hydroxylation is 1. The van der Waals surface area contributed by atoms with Crippen LogP contribution in [0.1, 0.15) is 47.9 Å². The molecule has 2 aromatic rings. The van der Waals surface area contributed by atoms with Gasteiger partial charge in [-0.2, -0.15) is 5.10 Å². The molecule has 2 amide bonds. The smallest absolute Gasteiger partial charge is 0.272 e. The fourth-order valence-electron chi connectivity index (χ4n) is 2.81. The van der Waals surface area contributed by atoms with E-state index in [0.717, 1.165) is 23.2 Å². The number of rotatable bonds is 5. The second-order valence-electron chi connectivity index (χ2n) is 6.12. The second-order valence-corrected chi connectivity index (χ2v) is 6.12. The highest BCUT2D eigenvalue weighted by Crippen LogP contribution is 2.26. The summed E-state index contributed by atoms with van der Waals surface area (Å²) in [5, 5.41) is 9.78. The fourth-order valence-corrected chi connectivity index (χ4v) is 2.81. The van der Waals surface area contributed by atoms with Crippen molar-refractivity contribution < 1.29 is 9.59 Å². The highest BCUT2D eigenvalue weighted by Gasteiger charge is 2.20. The van der Waals surface area contributed by atoms with E-state index in [4.69, 9.17) is 0 Å². The van der Waals surface area contributed by atoms with Crippen LogP contribution in [-0.2, 0) is 17.8 Å². The Bertz CT molecular complexity index is 888. The molecular formula is C18H20N4O3. The van der Waals surface area contributed by atoms with Crippen molar-refractivity contribution in [1.82, 2.24) is 15.1 Å². The number of benzene rings is 1. The third-order valence-corrected chi connectivity index (χ3v) is 4.14.